The van der Waals surface area contributed by atoms with Gasteiger partial charge in [-0.1, -0.05) is 24.1 Å². The molecule has 0 aliphatic carbocycles. The normalized spacial score (nSPS) is 25.5. The maximum absolute atomic E-state index is 16.8. The van der Waals surface area contributed by atoms with Crippen LogP contribution in [0.3, 0.4) is 0 Å². The lowest BCUT2D eigenvalue weighted by Crippen LogP contribution is -2.52. The number of alkyl halides is 1. The molecule has 7 nitrogen and oxygen atoms in total. The molecule has 2 bridgehead atoms. The molecular formula is C34H29F5N6O. The van der Waals surface area contributed by atoms with Crippen LogP contribution in [0.1, 0.15) is 24.8 Å². The molecule has 4 atom stereocenters. The van der Waals surface area contributed by atoms with Gasteiger partial charge in [0.1, 0.15) is 24.1 Å². The van der Waals surface area contributed by atoms with Gasteiger partial charge in [-0.2, -0.15) is 9.97 Å². The summed E-state index contributed by atoms with van der Waals surface area (Å²) < 4.78 is 81.8. The summed E-state index contributed by atoms with van der Waals surface area (Å²) in [6, 6.07) is 5.64. The number of aromatic nitrogens is 2. The summed E-state index contributed by atoms with van der Waals surface area (Å²) in [5.74, 6) is -3.04. The number of nitrogen functional groups attached to an aromatic ring is 1. The maximum atomic E-state index is 16.8. The highest BCUT2D eigenvalue weighted by Gasteiger charge is 2.49. The molecule has 5 heterocycles. The van der Waals surface area contributed by atoms with Gasteiger partial charge in [-0.15, -0.1) is 6.42 Å². The Labute approximate surface area is 261 Å². The Hall–Kier alpha value is -4.47. The number of hydrogen-bond donors (Lipinski definition) is 2. The smallest absolute Gasteiger partial charge is 0.319 e. The molecule has 8 rings (SSSR count). The van der Waals surface area contributed by atoms with Crippen LogP contribution in [0.15, 0.2) is 36.4 Å². The largest absolute Gasteiger partial charge is 0.461 e. The van der Waals surface area contributed by atoms with E-state index in [4.69, 9.17) is 21.9 Å². The van der Waals surface area contributed by atoms with Gasteiger partial charge in [-0.3, -0.25) is 4.90 Å². The molecule has 0 spiro atoms. The molecule has 12 heteroatoms. The lowest BCUT2D eigenvalue weighted by molar-refractivity contribution is 0.107. The Morgan fingerprint density at radius 3 is 2.52 bits per heavy atom. The lowest BCUT2D eigenvalue weighted by atomic mass is 9.92. The first-order chi connectivity index (χ1) is 22.2. The third-order valence-corrected chi connectivity index (χ3v) is 9.82. The predicted octanol–water partition coefficient (Wildman–Crippen LogP) is 5.24. The summed E-state index contributed by atoms with van der Waals surface area (Å²) in [5, 5.41) is 3.31. The molecule has 46 heavy (non-hydrogen) atoms. The van der Waals surface area contributed by atoms with Crippen molar-refractivity contribution in [2.75, 3.05) is 43.4 Å². The van der Waals surface area contributed by atoms with Crippen molar-refractivity contribution >= 4 is 33.2 Å². The highest BCUT2D eigenvalue weighted by Crippen LogP contribution is 2.43. The van der Waals surface area contributed by atoms with Crippen LogP contribution in [0.25, 0.3) is 32.8 Å². The molecule has 4 aromatic rings. The second-order valence-corrected chi connectivity index (χ2v) is 12.6. The molecule has 3 N–H and O–H groups in total. The van der Waals surface area contributed by atoms with Crippen LogP contribution in [-0.2, 0) is 0 Å². The average Bonchev–Trinajstić information content (AvgIpc) is 3.69. The Morgan fingerprint density at radius 1 is 0.978 bits per heavy atom. The molecule has 3 saturated heterocycles. The molecular weight excluding hydrogens is 603 g/mol. The molecule has 0 saturated carbocycles. The quantitative estimate of drug-likeness (QED) is 0.102. The zero-order valence-electron chi connectivity index (χ0n) is 24.6. The van der Waals surface area contributed by atoms with E-state index in [1.807, 2.05) is 4.90 Å². The SMILES string of the molecule is C#Cc1c(F)c(F)c(F)c2cc(N)cc(-c3ccc4c(N5CC6C=CC(C5)N6)nc(OCC56CCCN5CC(F)C6)nc4c3F)c12. The fourth-order valence-electron chi connectivity index (χ4n) is 7.78. The first-order valence-electron chi connectivity index (χ1n) is 15.2. The summed E-state index contributed by atoms with van der Waals surface area (Å²) in [5.41, 5.74) is 4.80. The monoisotopic (exact) mass is 632 g/mol. The molecule has 0 radical (unpaired) electrons. The van der Waals surface area contributed by atoms with E-state index in [1.54, 1.807) is 6.07 Å². The average molecular weight is 633 g/mol. The highest BCUT2D eigenvalue weighted by atomic mass is 19.2. The molecule has 1 aromatic heterocycles. The van der Waals surface area contributed by atoms with Crippen LogP contribution < -0.4 is 20.7 Å². The van der Waals surface area contributed by atoms with E-state index in [0.717, 1.165) is 25.5 Å². The minimum Gasteiger partial charge on any atom is -0.461 e. The molecule has 3 fully saturated rings. The summed E-state index contributed by atoms with van der Waals surface area (Å²) in [6.07, 6.45) is 10.8. The number of hydrogen-bond acceptors (Lipinski definition) is 7. The third-order valence-electron chi connectivity index (χ3n) is 9.82. The summed E-state index contributed by atoms with van der Waals surface area (Å²) in [4.78, 5) is 13.4. The fourth-order valence-corrected chi connectivity index (χ4v) is 7.78. The van der Waals surface area contributed by atoms with Crippen molar-refractivity contribution in [2.45, 2.75) is 43.1 Å². The number of halogens is 5. The molecule has 4 unspecified atom stereocenters. The number of piperazine rings is 1. The molecule has 4 aliphatic rings. The van der Waals surface area contributed by atoms with Gasteiger partial charge in [-0.05, 0) is 43.1 Å². The zero-order chi connectivity index (χ0) is 31.9. The fraction of sp³-hybridized carbons (Fsp3) is 0.353. The van der Waals surface area contributed by atoms with E-state index in [-0.39, 0.29) is 57.8 Å². The molecule has 0 amide bonds. The van der Waals surface area contributed by atoms with E-state index in [9.17, 15) is 13.2 Å². The van der Waals surface area contributed by atoms with E-state index < -0.39 is 40.5 Å². The van der Waals surface area contributed by atoms with Crippen LogP contribution in [-0.4, -0.2) is 71.4 Å². The summed E-state index contributed by atoms with van der Waals surface area (Å²) in [6.45, 7) is 2.41. The van der Waals surface area contributed by atoms with Crippen molar-refractivity contribution in [2.24, 2.45) is 0 Å². The first kappa shape index (κ1) is 29.0. The van der Waals surface area contributed by atoms with Crippen molar-refractivity contribution in [1.29, 1.82) is 0 Å². The number of benzene rings is 3. The van der Waals surface area contributed by atoms with Crippen LogP contribution in [0.2, 0.25) is 0 Å². The highest BCUT2D eigenvalue weighted by molar-refractivity contribution is 6.05. The lowest BCUT2D eigenvalue weighted by Gasteiger charge is -2.35. The Kier molecular flexibility index (Phi) is 6.63. The second-order valence-electron chi connectivity index (χ2n) is 12.6. The van der Waals surface area contributed by atoms with Crippen LogP contribution >= 0.6 is 0 Å². The van der Waals surface area contributed by atoms with Crippen molar-refractivity contribution in [3.63, 3.8) is 0 Å². The number of anilines is 2. The zero-order valence-corrected chi connectivity index (χ0v) is 24.6. The Morgan fingerprint density at radius 2 is 1.76 bits per heavy atom. The van der Waals surface area contributed by atoms with Crippen molar-refractivity contribution in [1.82, 2.24) is 20.2 Å². The van der Waals surface area contributed by atoms with Gasteiger partial charge >= 0.3 is 6.01 Å². The number of nitrogens with zero attached hydrogens (tertiary/aromatic N) is 4. The van der Waals surface area contributed by atoms with Crippen LogP contribution in [0.5, 0.6) is 6.01 Å². The number of nitrogens with one attached hydrogen (secondary N) is 1. The van der Waals surface area contributed by atoms with E-state index in [0.29, 0.717) is 37.3 Å². The minimum absolute atomic E-state index is 0.00540. The van der Waals surface area contributed by atoms with Crippen molar-refractivity contribution < 1.29 is 26.7 Å². The van der Waals surface area contributed by atoms with Gasteiger partial charge in [0.15, 0.2) is 23.3 Å². The van der Waals surface area contributed by atoms with Gasteiger partial charge in [0.05, 0.1) is 11.1 Å². The maximum Gasteiger partial charge on any atom is 0.319 e. The van der Waals surface area contributed by atoms with Crippen molar-refractivity contribution in [3.05, 3.63) is 65.2 Å². The van der Waals surface area contributed by atoms with E-state index in [2.05, 4.69) is 33.3 Å². The number of nitrogens with two attached hydrogens (primary N) is 1. The van der Waals surface area contributed by atoms with Crippen LogP contribution in [0, 0.1) is 35.6 Å². The molecule has 236 valence electrons. The topological polar surface area (TPSA) is 79.5 Å². The summed E-state index contributed by atoms with van der Waals surface area (Å²) in [7, 11) is 0. The number of terminal acetylenes is 1. The Balaban J connectivity index is 1.29. The predicted molar refractivity (Wildman–Crippen MR) is 165 cm³/mol. The molecule has 3 aromatic carbocycles. The van der Waals surface area contributed by atoms with Gasteiger partial charge in [0.25, 0.3) is 0 Å². The van der Waals surface area contributed by atoms with Gasteiger partial charge in [-0.25, -0.2) is 22.0 Å². The third kappa shape index (κ3) is 4.40. The second kappa shape index (κ2) is 10.5. The standard InChI is InChI=1S/C34H29F5N6O/c1-2-21-26-24(10-18(40)11-25(26)28(37)30(39)27(21)36)22-6-7-23-31(29(22)38)42-33(43-32(23)44-14-19-4-5-20(15-44)41-19)46-16-34-8-3-9-45(34)13-17(35)12-34/h1,4-7,10-11,17,19-20,41H,3,8-9,12-16,40H2. The first-order valence-corrected chi connectivity index (χ1v) is 15.2. The van der Waals surface area contributed by atoms with Gasteiger partial charge in [0, 0.05) is 65.5 Å². The van der Waals surface area contributed by atoms with Gasteiger partial charge < -0.3 is 20.7 Å². The number of fused-ring (bicyclic) bond motifs is 5. The number of rotatable bonds is 5. The van der Waals surface area contributed by atoms with Crippen LogP contribution in [0.4, 0.5) is 33.5 Å². The molecule has 4 aliphatic heterocycles. The van der Waals surface area contributed by atoms with Crippen molar-refractivity contribution in [3.8, 4) is 29.5 Å². The number of ether oxygens (including phenoxy) is 1. The van der Waals surface area contributed by atoms with E-state index >= 15 is 8.78 Å². The summed E-state index contributed by atoms with van der Waals surface area (Å²) >= 11 is 0. The van der Waals surface area contributed by atoms with Gasteiger partial charge in [0.2, 0.25) is 0 Å². The Bertz CT molecular complexity index is 2000. The van der Waals surface area contributed by atoms with E-state index in [1.165, 1.54) is 12.1 Å². The minimum atomic E-state index is -1.74.